The van der Waals surface area contributed by atoms with Gasteiger partial charge in [-0.15, -0.1) is 0 Å². The van der Waals surface area contributed by atoms with E-state index in [-0.39, 0.29) is 11.9 Å². The molecular formula is C18H20BrNO2. The molecule has 0 aliphatic heterocycles. The van der Waals surface area contributed by atoms with Crippen molar-refractivity contribution in [2.75, 3.05) is 0 Å². The van der Waals surface area contributed by atoms with Gasteiger partial charge in [-0.25, -0.2) is 0 Å². The van der Waals surface area contributed by atoms with Crippen LogP contribution in [0.15, 0.2) is 59.1 Å². The highest BCUT2D eigenvalue weighted by atomic mass is 79.9. The number of amides is 1. The van der Waals surface area contributed by atoms with Crippen LogP contribution in [0.1, 0.15) is 31.0 Å². The molecule has 0 bridgehead atoms. The predicted molar refractivity (Wildman–Crippen MR) is 91.4 cm³/mol. The first kappa shape index (κ1) is 16.7. The van der Waals surface area contributed by atoms with Crippen LogP contribution in [0, 0.1) is 0 Å². The third kappa shape index (κ3) is 4.68. The van der Waals surface area contributed by atoms with Gasteiger partial charge >= 0.3 is 0 Å². The van der Waals surface area contributed by atoms with Gasteiger partial charge < -0.3 is 10.1 Å². The summed E-state index contributed by atoms with van der Waals surface area (Å²) in [5, 5.41) is 2.98. The summed E-state index contributed by atoms with van der Waals surface area (Å²) in [5.74, 6) is -0.112. The van der Waals surface area contributed by atoms with E-state index in [0.29, 0.717) is 6.61 Å². The molecule has 2 atom stereocenters. The van der Waals surface area contributed by atoms with E-state index >= 15 is 0 Å². The summed E-state index contributed by atoms with van der Waals surface area (Å²) in [7, 11) is 0. The Morgan fingerprint density at radius 1 is 1.09 bits per heavy atom. The SMILES string of the molecule is C[C@@H](OCc1ccccc1)C(=O)N[C@H](C)c1ccccc1Br. The lowest BCUT2D eigenvalue weighted by Crippen LogP contribution is -2.36. The number of carbonyl (C=O) groups is 1. The van der Waals surface area contributed by atoms with Crippen molar-refractivity contribution in [3.63, 3.8) is 0 Å². The molecule has 4 heteroatoms. The summed E-state index contributed by atoms with van der Waals surface area (Å²) in [4.78, 5) is 12.2. The van der Waals surface area contributed by atoms with Gasteiger partial charge in [-0.3, -0.25) is 4.79 Å². The van der Waals surface area contributed by atoms with E-state index in [1.807, 2.05) is 61.5 Å². The van der Waals surface area contributed by atoms with Gasteiger partial charge in [-0.1, -0.05) is 64.5 Å². The second kappa shape index (κ2) is 8.11. The average molecular weight is 362 g/mol. The number of halogens is 1. The van der Waals surface area contributed by atoms with Crippen molar-refractivity contribution < 1.29 is 9.53 Å². The third-order valence-corrected chi connectivity index (χ3v) is 4.16. The van der Waals surface area contributed by atoms with Crippen molar-refractivity contribution in [2.45, 2.75) is 32.6 Å². The Hall–Kier alpha value is -1.65. The fourth-order valence-corrected chi connectivity index (χ4v) is 2.73. The van der Waals surface area contributed by atoms with Gasteiger partial charge in [0.05, 0.1) is 12.6 Å². The highest BCUT2D eigenvalue weighted by molar-refractivity contribution is 9.10. The Labute approximate surface area is 139 Å². The average Bonchev–Trinajstić information content (AvgIpc) is 2.53. The van der Waals surface area contributed by atoms with Gasteiger partial charge in [-0.05, 0) is 31.0 Å². The van der Waals surface area contributed by atoms with Crippen LogP contribution in [-0.2, 0) is 16.1 Å². The number of nitrogens with one attached hydrogen (secondary N) is 1. The van der Waals surface area contributed by atoms with Crippen LogP contribution >= 0.6 is 15.9 Å². The van der Waals surface area contributed by atoms with Crippen LogP contribution in [0.4, 0.5) is 0 Å². The summed E-state index contributed by atoms with van der Waals surface area (Å²) in [5.41, 5.74) is 2.10. The fourth-order valence-electron chi connectivity index (χ4n) is 2.11. The minimum Gasteiger partial charge on any atom is -0.364 e. The topological polar surface area (TPSA) is 38.3 Å². The third-order valence-electron chi connectivity index (χ3n) is 3.44. The molecule has 0 aliphatic carbocycles. The minimum absolute atomic E-state index is 0.0779. The summed E-state index contributed by atoms with van der Waals surface area (Å²) >= 11 is 3.50. The van der Waals surface area contributed by atoms with Gasteiger partial charge in [0.15, 0.2) is 0 Å². The van der Waals surface area contributed by atoms with Crippen molar-refractivity contribution in [3.05, 3.63) is 70.2 Å². The van der Waals surface area contributed by atoms with E-state index in [9.17, 15) is 4.79 Å². The zero-order valence-electron chi connectivity index (χ0n) is 12.8. The molecule has 0 radical (unpaired) electrons. The molecule has 2 aromatic carbocycles. The van der Waals surface area contributed by atoms with Gasteiger partial charge in [0.2, 0.25) is 5.91 Å². The van der Waals surface area contributed by atoms with Gasteiger partial charge in [0.25, 0.3) is 0 Å². The second-order valence-corrected chi connectivity index (χ2v) is 6.04. The van der Waals surface area contributed by atoms with Crippen LogP contribution in [0.25, 0.3) is 0 Å². The van der Waals surface area contributed by atoms with Crippen LogP contribution in [0.2, 0.25) is 0 Å². The van der Waals surface area contributed by atoms with E-state index in [1.54, 1.807) is 6.92 Å². The summed E-state index contributed by atoms with van der Waals surface area (Å²) in [6, 6.07) is 17.6. The van der Waals surface area contributed by atoms with E-state index in [4.69, 9.17) is 4.74 Å². The molecule has 3 nitrogen and oxygen atoms in total. The van der Waals surface area contributed by atoms with Crippen LogP contribution in [0.5, 0.6) is 0 Å². The zero-order chi connectivity index (χ0) is 15.9. The molecule has 116 valence electrons. The highest BCUT2D eigenvalue weighted by Gasteiger charge is 2.17. The number of hydrogen-bond donors (Lipinski definition) is 1. The molecular weight excluding hydrogens is 342 g/mol. The summed E-state index contributed by atoms with van der Waals surface area (Å²) in [6.07, 6.45) is -0.495. The lowest BCUT2D eigenvalue weighted by atomic mass is 10.1. The van der Waals surface area contributed by atoms with Gasteiger partial charge in [-0.2, -0.15) is 0 Å². The molecule has 2 rings (SSSR count). The Kier molecular flexibility index (Phi) is 6.16. The fraction of sp³-hybridized carbons (Fsp3) is 0.278. The van der Waals surface area contributed by atoms with Crippen LogP contribution in [0.3, 0.4) is 0 Å². The van der Waals surface area contributed by atoms with Crippen molar-refractivity contribution in [3.8, 4) is 0 Å². The second-order valence-electron chi connectivity index (χ2n) is 5.19. The van der Waals surface area contributed by atoms with Crippen molar-refractivity contribution >= 4 is 21.8 Å². The summed E-state index contributed by atoms with van der Waals surface area (Å²) < 4.78 is 6.62. The number of hydrogen-bond acceptors (Lipinski definition) is 2. The van der Waals surface area contributed by atoms with E-state index in [2.05, 4.69) is 21.2 Å². The molecule has 2 aromatic rings. The molecule has 0 saturated heterocycles. The predicted octanol–water partition coefficient (Wildman–Crippen LogP) is 4.23. The Morgan fingerprint density at radius 3 is 2.41 bits per heavy atom. The standard InChI is InChI=1S/C18H20BrNO2/c1-13(16-10-6-7-11-17(16)19)20-18(21)14(2)22-12-15-8-4-3-5-9-15/h3-11,13-14H,12H2,1-2H3,(H,20,21)/t13-,14-/m1/s1. The number of ether oxygens (including phenoxy) is 1. The van der Waals surface area contributed by atoms with Crippen LogP contribution in [-0.4, -0.2) is 12.0 Å². The molecule has 0 unspecified atom stereocenters. The minimum atomic E-state index is -0.495. The molecule has 22 heavy (non-hydrogen) atoms. The number of rotatable bonds is 6. The van der Waals surface area contributed by atoms with E-state index < -0.39 is 6.10 Å². The molecule has 0 spiro atoms. The van der Waals surface area contributed by atoms with Crippen molar-refractivity contribution in [2.24, 2.45) is 0 Å². The summed E-state index contributed by atoms with van der Waals surface area (Å²) in [6.45, 7) is 4.16. The highest BCUT2D eigenvalue weighted by Crippen LogP contribution is 2.22. The molecule has 0 heterocycles. The monoisotopic (exact) mass is 361 g/mol. The van der Waals surface area contributed by atoms with Gasteiger partial charge in [0, 0.05) is 4.47 Å². The maximum Gasteiger partial charge on any atom is 0.249 e. The largest absolute Gasteiger partial charge is 0.364 e. The van der Waals surface area contributed by atoms with Crippen LogP contribution < -0.4 is 5.32 Å². The Bertz CT molecular complexity index is 615. The first-order valence-electron chi connectivity index (χ1n) is 7.28. The van der Waals surface area contributed by atoms with Crippen molar-refractivity contribution in [1.82, 2.24) is 5.32 Å². The first-order chi connectivity index (χ1) is 10.6. The number of carbonyl (C=O) groups excluding carboxylic acids is 1. The Balaban J connectivity index is 1.87. The molecule has 0 aromatic heterocycles. The molecule has 0 saturated carbocycles. The van der Waals surface area contributed by atoms with Crippen molar-refractivity contribution in [1.29, 1.82) is 0 Å². The van der Waals surface area contributed by atoms with Gasteiger partial charge in [0.1, 0.15) is 6.10 Å². The molecule has 1 N–H and O–H groups in total. The lowest BCUT2D eigenvalue weighted by molar-refractivity contribution is -0.133. The smallest absolute Gasteiger partial charge is 0.249 e. The molecule has 0 fully saturated rings. The maximum atomic E-state index is 12.2. The Morgan fingerprint density at radius 2 is 1.73 bits per heavy atom. The maximum absolute atomic E-state index is 12.2. The van der Waals surface area contributed by atoms with E-state index in [1.165, 1.54) is 0 Å². The number of benzene rings is 2. The molecule has 0 aliphatic rings. The normalized spacial score (nSPS) is 13.4. The zero-order valence-corrected chi connectivity index (χ0v) is 14.3. The van der Waals surface area contributed by atoms with E-state index in [0.717, 1.165) is 15.6 Å². The molecule has 1 amide bonds. The first-order valence-corrected chi connectivity index (χ1v) is 8.07. The lowest BCUT2D eigenvalue weighted by Gasteiger charge is -2.19. The quantitative estimate of drug-likeness (QED) is 0.835.